The molecule has 4 aliphatic heterocycles. The Balaban J connectivity index is 1.33. The number of amidine groups is 1. The van der Waals surface area contributed by atoms with E-state index in [1.54, 1.807) is 12.1 Å². The molecule has 2 atom stereocenters. The maximum Gasteiger partial charge on any atom is 0.323 e. The first-order valence-electron chi connectivity index (χ1n) is 11.6. The predicted molar refractivity (Wildman–Crippen MR) is 133 cm³/mol. The van der Waals surface area contributed by atoms with Crippen LogP contribution in [-0.2, 0) is 11.3 Å². The highest BCUT2D eigenvalue weighted by molar-refractivity contribution is 8.04. The molecule has 0 radical (unpaired) electrons. The fraction of sp³-hybridized carbons (Fsp3) is 0.417. The van der Waals surface area contributed by atoms with Gasteiger partial charge in [0.15, 0.2) is 5.84 Å². The van der Waals surface area contributed by atoms with Gasteiger partial charge in [0.1, 0.15) is 5.75 Å². The number of fused-ring (bicyclic) bond motifs is 1. The van der Waals surface area contributed by atoms with E-state index in [4.69, 9.17) is 4.74 Å². The normalized spacial score (nSPS) is 25.7. The number of carbonyl (C=O) groups excluding carboxylic acids is 3. The second-order valence-corrected chi connectivity index (χ2v) is 10.1. The van der Waals surface area contributed by atoms with Gasteiger partial charge in [0.05, 0.1) is 23.8 Å². The molecule has 1 aromatic rings. The Bertz CT molecular complexity index is 1230. The van der Waals surface area contributed by atoms with Crippen LogP contribution in [0.15, 0.2) is 34.3 Å². The molecule has 0 bridgehead atoms. The van der Waals surface area contributed by atoms with Crippen LogP contribution >= 0.6 is 11.8 Å². The van der Waals surface area contributed by atoms with Crippen molar-refractivity contribution in [3.05, 3.63) is 40.3 Å². The molecule has 0 aromatic heterocycles. The highest BCUT2D eigenvalue weighted by Crippen LogP contribution is 2.34. The maximum atomic E-state index is 13.1. The van der Waals surface area contributed by atoms with Gasteiger partial charge in [0, 0.05) is 38.3 Å². The monoisotopic (exact) mass is 510 g/mol. The largest absolute Gasteiger partial charge is 0.497 e. The summed E-state index contributed by atoms with van der Waals surface area (Å²) in [5.74, 6) is 6.29. The van der Waals surface area contributed by atoms with Gasteiger partial charge in [-0.25, -0.2) is 4.79 Å². The van der Waals surface area contributed by atoms with Gasteiger partial charge in [-0.05, 0) is 24.1 Å². The van der Waals surface area contributed by atoms with Crippen molar-refractivity contribution in [3.63, 3.8) is 0 Å². The van der Waals surface area contributed by atoms with Crippen LogP contribution in [0.1, 0.15) is 22.3 Å². The van der Waals surface area contributed by atoms with E-state index in [-0.39, 0.29) is 17.7 Å². The molecule has 11 nitrogen and oxygen atoms in total. The molecule has 4 amide bonds. The summed E-state index contributed by atoms with van der Waals surface area (Å²) in [4.78, 5) is 42.3. The number of nitrogens with zero attached hydrogens (tertiary/aromatic N) is 3. The van der Waals surface area contributed by atoms with Crippen LogP contribution < -0.4 is 20.7 Å². The highest BCUT2D eigenvalue weighted by atomic mass is 32.2. The number of imide groups is 1. The van der Waals surface area contributed by atoms with Crippen molar-refractivity contribution in [1.82, 2.24) is 25.8 Å². The number of allylic oxidation sites excluding steroid dienone is 2. The van der Waals surface area contributed by atoms with E-state index in [1.807, 2.05) is 12.1 Å². The molecule has 4 N–H and O–H groups in total. The van der Waals surface area contributed by atoms with Crippen LogP contribution in [-0.4, -0.2) is 89.3 Å². The minimum absolute atomic E-state index is 0.0926. The van der Waals surface area contributed by atoms with Crippen LogP contribution in [0, 0.1) is 11.8 Å². The first kappa shape index (κ1) is 24.0. The second-order valence-electron chi connectivity index (χ2n) is 8.85. The third kappa shape index (κ3) is 4.47. The van der Waals surface area contributed by atoms with Crippen molar-refractivity contribution < 1.29 is 24.3 Å². The minimum Gasteiger partial charge on any atom is -0.497 e. The Morgan fingerprint density at radius 2 is 2.11 bits per heavy atom. The van der Waals surface area contributed by atoms with Crippen molar-refractivity contribution in [3.8, 4) is 17.6 Å². The lowest BCUT2D eigenvalue weighted by Gasteiger charge is -2.31. The van der Waals surface area contributed by atoms with Gasteiger partial charge in [-0.1, -0.05) is 29.1 Å². The van der Waals surface area contributed by atoms with E-state index in [9.17, 15) is 19.6 Å². The molecule has 0 aliphatic carbocycles. The molecule has 4 aliphatic rings. The van der Waals surface area contributed by atoms with Gasteiger partial charge in [-0.15, -0.1) is 11.8 Å². The van der Waals surface area contributed by atoms with Crippen molar-refractivity contribution in [2.75, 3.05) is 39.8 Å². The van der Waals surface area contributed by atoms with E-state index >= 15 is 0 Å². The van der Waals surface area contributed by atoms with Crippen LogP contribution in [0.4, 0.5) is 4.79 Å². The zero-order chi connectivity index (χ0) is 25.3. The number of benzene rings is 1. The van der Waals surface area contributed by atoms with Crippen molar-refractivity contribution >= 4 is 35.4 Å². The Morgan fingerprint density at radius 1 is 1.31 bits per heavy atom. The number of ether oxygens (including phenoxy) is 1. The fourth-order valence-corrected chi connectivity index (χ4v) is 5.81. The number of nitrogens with one attached hydrogen (secondary N) is 3. The summed E-state index contributed by atoms with van der Waals surface area (Å²) >= 11 is 1.45. The lowest BCUT2D eigenvalue weighted by molar-refractivity contribution is -0.122. The molecule has 12 heteroatoms. The summed E-state index contributed by atoms with van der Waals surface area (Å²) in [5, 5.41) is 21.2. The van der Waals surface area contributed by atoms with E-state index in [0.29, 0.717) is 35.0 Å². The summed E-state index contributed by atoms with van der Waals surface area (Å²) in [5.41, 5.74) is -0.262. The molecule has 0 saturated carbocycles. The topological polar surface area (TPSA) is 136 Å². The zero-order valence-corrected chi connectivity index (χ0v) is 20.5. The smallest absolute Gasteiger partial charge is 0.323 e. The van der Waals surface area contributed by atoms with Gasteiger partial charge in [-0.3, -0.25) is 14.9 Å². The minimum atomic E-state index is -1.58. The van der Waals surface area contributed by atoms with E-state index < -0.39 is 17.5 Å². The Labute approximate surface area is 212 Å². The molecule has 188 valence electrons. The highest BCUT2D eigenvalue weighted by Gasteiger charge is 2.48. The first-order chi connectivity index (χ1) is 17.4. The number of oxime groups is 1. The van der Waals surface area contributed by atoms with Crippen molar-refractivity contribution in [1.29, 1.82) is 0 Å². The molecular formula is C24H26N6O5S. The van der Waals surface area contributed by atoms with Crippen LogP contribution in [0.25, 0.3) is 0 Å². The number of thioether (sulfide) groups is 1. The van der Waals surface area contributed by atoms with Crippen LogP contribution in [0.2, 0.25) is 0 Å². The summed E-state index contributed by atoms with van der Waals surface area (Å²) < 4.78 is 5.22. The zero-order valence-electron chi connectivity index (χ0n) is 19.7. The maximum absolute atomic E-state index is 13.1. The first-order valence-corrected chi connectivity index (χ1v) is 12.5. The Kier molecular flexibility index (Phi) is 6.51. The number of rotatable bonds is 4. The van der Waals surface area contributed by atoms with E-state index in [2.05, 4.69) is 37.8 Å². The lowest BCUT2D eigenvalue weighted by atomic mass is 9.99. The van der Waals surface area contributed by atoms with Gasteiger partial charge >= 0.3 is 6.03 Å². The molecule has 1 aromatic carbocycles. The average molecular weight is 511 g/mol. The summed E-state index contributed by atoms with van der Waals surface area (Å²) in [6, 6.07) is 4.61. The van der Waals surface area contributed by atoms with Crippen molar-refractivity contribution in [2.24, 2.45) is 5.16 Å². The number of hydrogen-bond donors (Lipinski definition) is 4. The van der Waals surface area contributed by atoms with E-state index in [0.717, 1.165) is 31.7 Å². The standard InChI is InChI=1S/C24H26N6O5S/c1-35-16-3-2-15-13-30(21(31)18(15)12-16)14-24(22(32)26-23(33)27-24)7-6-17-4-5-19(36-17)20(28-34)29-10-8-25-9-11-29/h2-4,12,19,25,34H,5,8-11,13-14H2,1H3,(H2,26,27,32,33). The number of urea groups is 1. The molecule has 36 heavy (non-hydrogen) atoms. The summed E-state index contributed by atoms with van der Waals surface area (Å²) in [6.07, 6.45) is 2.56. The predicted octanol–water partition coefficient (Wildman–Crippen LogP) is 0.315. The number of amides is 4. The Morgan fingerprint density at radius 3 is 2.81 bits per heavy atom. The van der Waals surface area contributed by atoms with Crippen molar-refractivity contribution in [2.45, 2.75) is 23.8 Å². The number of carbonyl (C=O) groups is 3. The molecule has 2 saturated heterocycles. The van der Waals surface area contributed by atoms with Gasteiger partial charge in [0.2, 0.25) is 5.54 Å². The molecule has 0 spiro atoms. The van der Waals surface area contributed by atoms with Gasteiger partial charge < -0.3 is 30.4 Å². The molecular weight excluding hydrogens is 484 g/mol. The Hall–Kier alpha value is -3.69. The van der Waals surface area contributed by atoms with Crippen LogP contribution in [0.3, 0.4) is 0 Å². The quantitative estimate of drug-likeness (QED) is 0.114. The second kappa shape index (κ2) is 9.75. The summed E-state index contributed by atoms with van der Waals surface area (Å²) in [7, 11) is 1.53. The van der Waals surface area contributed by atoms with Crippen LogP contribution in [0.5, 0.6) is 5.75 Å². The number of piperazine rings is 1. The third-order valence-corrected chi connectivity index (χ3v) is 7.79. The fourth-order valence-electron chi connectivity index (χ4n) is 4.71. The molecule has 5 rings (SSSR count). The number of hydrogen-bond acceptors (Lipinski definition) is 8. The average Bonchev–Trinajstić information content (AvgIpc) is 3.55. The third-order valence-electron chi connectivity index (χ3n) is 6.58. The molecule has 2 fully saturated rings. The SMILES string of the molecule is COc1ccc2c(c1)C(=O)N(CC1(C#CC3=CCC(C(=NO)N4CCNCC4)S3)NC(=O)NC1=O)C2. The summed E-state index contributed by atoms with van der Waals surface area (Å²) in [6.45, 7) is 3.35. The van der Waals surface area contributed by atoms with Gasteiger partial charge in [-0.2, -0.15) is 0 Å². The van der Waals surface area contributed by atoms with E-state index in [1.165, 1.54) is 23.8 Å². The lowest BCUT2D eigenvalue weighted by Crippen LogP contribution is -2.54. The molecule has 4 heterocycles. The molecule has 2 unspecified atom stereocenters. The van der Waals surface area contributed by atoms with Gasteiger partial charge in [0.25, 0.3) is 11.8 Å². The number of methoxy groups -OCH3 is 1.